The van der Waals surface area contributed by atoms with Gasteiger partial charge in [-0.25, -0.2) is 9.79 Å². The van der Waals surface area contributed by atoms with Crippen LogP contribution in [0.4, 0.5) is 4.79 Å². The van der Waals surface area contributed by atoms with Crippen molar-refractivity contribution in [3.63, 3.8) is 0 Å². The SMILES string of the molecule is CC(OC(=O)N=C1C=NOC1=C1C=c2cc(C3(C(=O)O)CC3)[nH]c2=N1)c1ccccc1Cl. The Balaban J connectivity index is 1.38. The van der Waals surface area contributed by atoms with E-state index in [1.807, 2.05) is 0 Å². The predicted octanol–water partition coefficient (Wildman–Crippen LogP) is 2.76. The highest BCUT2D eigenvalue weighted by molar-refractivity contribution is 6.40. The lowest BCUT2D eigenvalue weighted by molar-refractivity contribution is -0.140. The third-order valence-corrected chi connectivity index (χ3v) is 5.99. The quantitative estimate of drug-likeness (QED) is 0.737. The number of fused-ring (bicyclic) bond motifs is 1. The van der Waals surface area contributed by atoms with Gasteiger partial charge in [0.25, 0.3) is 0 Å². The van der Waals surface area contributed by atoms with Crippen LogP contribution in [0, 0.1) is 0 Å². The molecule has 1 aliphatic carbocycles. The zero-order valence-corrected chi connectivity index (χ0v) is 17.6. The van der Waals surface area contributed by atoms with E-state index in [0.717, 1.165) is 5.22 Å². The number of hydrogen-bond donors (Lipinski definition) is 2. The van der Waals surface area contributed by atoms with Gasteiger partial charge in [0, 0.05) is 21.5 Å². The summed E-state index contributed by atoms with van der Waals surface area (Å²) in [6, 6.07) is 8.85. The van der Waals surface area contributed by atoms with E-state index in [-0.39, 0.29) is 11.5 Å². The molecule has 0 bridgehead atoms. The smallest absolute Gasteiger partial charge is 0.434 e. The summed E-state index contributed by atoms with van der Waals surface area (Å²) in [5, 5.41) is 14.4. The van der Waals surface area contributed by atoms with Gasteiger partial charge >= 0.3 is 12.1 Å². The van der Waals surface area contributed by atoms with Gasteiger partial charge in [0.1, 0.15) is 28.4 Å². The first-order valence-corrected chi connectivity index (χ1v) is 10.3. The molecule has 1 unspecified atom stereocenters. The van der Waals surface area contributed by atoms with Gasteiger partial charge in [0.05, 0.1) is 6.21 Å². The standard InChI is InChI=1S/C22H17ClN4O5/c1-11(13-4-2-3-5-14(13)23)31-21(30)26-16-10-24-32-18(16)15-8-12-9-17(27-19(12)25-15)22(6-7-22)20(28)29/h2-5,8-11H,6-7H2,1H3,(H,25,27)(H,28,29). The number of halogens is 1. The molecule has 0 spiro atoms. The Kier molecular flexibility index (Phi) is 4.70. The topological polar surface area (TPSA) is 126 Å². The summed E-state index contributed by atoms with van der Waals surface area (Å²) in [6.45, 7) is 1.70. The monoisotopic (exact) mass is 452 g/mol. The van der Waals surface area contributed by atoms with Gasteiger partial charge in [-0.2, -0.15) is 4.99 Å². The van der Waals surface area contributed by atoms with Gasteiger partial charge in [-0.05, 0) is 38.0 Å². The number of rotatable bonds is 4. The van der Waals surface area contributed by atoms with Crippen LogP contribution in [-0.2, 0) is 19.8 Å². The lowest BCUT2D eigenvalue weighted by Gasteiger charge is -2.13. The molecule has 10 heteroatoms. The first-order chi connectivity index (χ1) is 15.4. The summed E-state index contributed by atoms with van der Waals surface area (Å²) < 4.78 is 5.37. The van der Waals surface area contributed by atoms with Crippen molar-refractivity contribution in [1.82, 2.24) is 4.98 Å². The van der Waals surface area contributed by atoms with Crippen molar-refractivity contribution in [1.29, 1.82) is 0 Å². The number of carbonyl (C=O) groups excluding carboxylic acids is 1. The van der Waals surface area contributed by atoms with Crippen molar-refractivity contribution < 1.29 is 24.3 Å². The van der Waals surface area contributed by atoms with Crippen LogP contribution in [0.2, 0.25) is 5.02 Å². The maximum absolute atomic E-state index is 12.4. The number of hydrogen-bond acceptors (Lipinski definition) is 6. The van der Waals surface area contributed by atoms with Crippen LogP contribution in [0.15, 0.2) is 56.9 Å². The van der Waals surface area contributed by atoms with Crippen LogP contribution in [0.3, 0.4) is 0 Å². The van der Waals surface area contributed by atoms with Crippen molar-refractivity contribution >= 4 is 41.7 Å². The van der Waals surface area contributed by atoms with Gasteiger partial charge in [-0.3, -0.25) is 4.79 Å². The summed E-state index contributed by atoms with van der Waals surface area (Å²) in [4.78, 5) is 40.6. The Morgan fingerprint density at radius 1 is 1.34 bits per heavy atom. The first kappa shape index (κ1) is 20.2. The summed E-state index contributed by atoms with van der Waals surface area (Å²) in [5.41, 5.74) is 1.57. The number of aromatic amines is 1. The molecule has 5 rings (SSSR count). The number of carbonyl (C=O) groups is 2. The van der Waals surface area contributed by atoms with Crippen LogP contribution in [0.1, 0.15) is 37.1 Å². The number of H-pyrrole nitrogens is 1. The van der Waals surface area contributed by atoms with E-state index in [1.165, 1.54) is 6.21 Å². The average molecular weight is 453 g/mol. The Labute approximate surface area is 186 Å². The molecule has 0 saturated heterocycles. The molecule has 2 aliphatic heterocycles. The number of nitrogens with zero attached hydrogens (tertiary/aromatic N) is 3. The molecule has 1 fully saturated rings. The molecule has 1 aromatic carbocycles. The summed E-state index contributed by atoms with van der Waals surface area (Å²) in [7, 11) is 0. The largest absolute Gasteiger partial charge is 0.481 e. The molecule has 162 valence electrons. The molecular weight excluding hydrogens is 436 g/mol. The number of amides is 1. The zero-order chi connectivity index (χ0) is 22.5. The van der Waals surface area contributed by atoms with Crippen LogP contribution in [0.5, 0.6) is 0 Å². The van der Waals surface area contributed by atoms with Crippen molar-refractivity contribution in [2.75, 3.05) is 0 Å². The van der Waals surface area contributed by atoms with E-state index in [0.29, 0.717) is 40.3 Å². The van der Waals surface area contributed by atoms with E-state index < -0.39 is 23.6 Å². The third kappa shape index (κ3) is 3.40. The molecule has 32 heavy (non-hydrogen) atoms. The third-order valence-electron chi connectivity index (χ3n) is 5.64. The summed E-state index contributed by atoms with van der Waals surface area (Å²) in [6.07, 6.45) is 2.80. The van der Waals surface area contributed by atoms with E-state index in [2.05, 4.69) is 20.1 Å². The Morgan fingerprint density at radius 2 is 2.12 bits per heavy atom. The minimum atomic E-state index is -0.845. The number of benzene rings is 1. The lowest BCUT2D eigenvalue weighted by Crippen LogP contribution is -2.21. The van der Waals surface area contributed by atoms with Gasteiger partial charge in [-0.1, -0.05) is 35.0 Å². The molecule has 1 aromatic heterocycles. The molecule has 2 aromatic rings. The number of oxime groups is 1. The fraction of sp³-hybridized carbons (Fsp3) is 0.227. The van der Waals surface area contributed by atoms with Crippen LogP contribution in [0.25, 0.3) is 6.08 Å². The molecule has 0 radical (unpaired) electrons. The van der Waals surface area contributed by atoms with Gasteiger partial charge < -0.3 is 19.7 Å². The zero-order valence-electron chi connectivity index (χ0n) is 16.8. The number of allylic oxidation sites excluding steroid dienone is 2. The number of carboxylic acids is 1. The highest BCUT2D eigenvalue weighted by atomic mass is 35.5. The average Bonchev–Trinajstić information content (AvgIpc) is 3.05. The second-order valence-corrected chi connectivity index (χ2v) is 8.12. The lowest BCUT2D eigenvalue weighted by atomic mass is 10.0. The van der Waals surface area contributed by atoms with E-state index in [9.17, 15) is 14.7 Å². The normalized spacial score (nSPS) is 22.0. The summed E-state index contributed by atoms with van der Waals surface area (Å²) >= 11 is 6.15. The Hall–Kier alpha value is -3.72. The second kappa shape index (κ2) is 7.45. The number of carboxylic acid groups (broad SMARTS) is 1. The van der Waals surface area contributed by atoms with E-state index in [1.54, 1.807) is 43.3 Å². The van der Waals surface area contributed by atoms with Gasteiger partial charge in [0.2, 0.25) is 5.76 Å². The number of aliphatic carboxylic acids is 1. The number of aliphatic imine (C=N–C) groups is 1. The molecule has 3 heterocycles. The van der Waals surface area contributed by atoms with E-state index in [4.69, 9.17) is 21.2 Å². The van der Waals surface area contributed by atoms with Crippen LogP contribution < -0.4 is 10.7 Å². The number of aromatic nitrogens is 1. The minimum Gasteiger partial charge on any atom is -0.481 e. The number of ether oxygens (including phenoxy) is 1. The summed E-state index contributed by atoms with van der Waals surface area (Å²) in [5.74, 6) is -0.639. The first-order valence-electron chi connectivity index (χ1n) is 9.89. The van der Waals surface area contributed by atoms with Gasteiger partial charge in [-0.15, -0.1) is 0 Å². The van der Waals surface area contributed by atoms with E-state index >= 15 is 0 Å². The molecular formula is C22H17ClN4O5. The van der Waals surface area contributed by atoms with Crippen LogP contribution in [-0.4, -0.2) is 34.1 Å². The Morgan fingerprint density at radius 3 is 2.81 bits per heavy atom. The molecule has 1 saturated carbocycles. The van der Waals surface area contributed by atoms with Crippen molar-refractivity contribution in [3.05, 3.63) is 68.8 Å². The fourth-order valence-electron chi connectivity index (χ4n) is 3.70. The Bertz CT molecular complexity index is 1330. The second-order valence-electron chi connectivity index (χ2n) is 7.72. The highest BCUT2D eigenvalue weighted by Gasteiger charge is 2.53. The van der Waals surface area contributed by atoms with Crippen LogP contribution >= 0.6 is 11.6 Å². The highest BCUT2D eigenvalue weighted by Crippen LogP contribution is 2.47. The minimum absolute atomic E-state index is 0.172. The van der Waals surface area contributed by atoms with Crippen molar-refractivity contribution in [3.8, 4) is 0 Å². The fourth-order valence-corrected chi connectivity index (χ4v) is 3.99. The van der Waals surface area contributed by atoms with Gasteiger partial charge in [0.15, 0.2) is 0 Å². The van der Waals surface area contributed by atoms with Crippen molar-refractivity contribution in [2.24, 2.45) is 15.1 Å². The molecule has 1 amide bonds. The molecule has 9 nitrogen and oxygen atoms in total. The molecule has 1 atom stereocenters. The molecule has 2 N–H and O–H groups in total. The number of nitrogens with one attached hydrogen (secondary N) is 1. The maximum atomic E-state index is 12.4. The maximum Gasteiger partial charge on any atom is 0.434 e. The van der Waals surface area contributed by atoms with Crippen molar-refractivity contribution in [2.45, 2.75) is 31.3 Å². The molecule has 3 aliphatic rings. The predicted molar refractivity (Wildman–Crippen MR) is 115 cm³/mol.